The summed E-state index contributed by atoms with van der Waals surface area (Å²) >= 11 is 0. The topological polar surface area (TPSA) is 41.9 Å². The Kier molecular flexibility index (Phi) is 3.07. The Morgan fingerprint density at radius 2 is 1.92 bits per heavy atom. The molecule has 1 amide bonds. The maximum absolute atomic E-state index is 13.1. The van der Waals surface area contributed by atoms with Crippen molar-refractivity contribution in [1.29, 1.82) is 0 Å². The molecule has 4 heteroatoms. The van der Waals surface area contributed by atoms with E-state index in [0.717, 1.165) is 41.1 Å². The summed E-state index contributed by atoms with van der Waals surface area (Å²) in [4.78, 5) is 19.2. The van der Waals surface area contributed by atoms with Crippen LogP contribution in [-0.2, 0) is 11.2 Å². The van der Waals surface area contributed by atoms with Crippen molar-refractivity contribution in [2.45, 2.75) is 18.4 Å². The third kappa shape index (κ3) is 2.21. The Morgan fingerprint density at radius 1 is 1.08 bits per heavy atom. The highest BCUT2D eigenvalue weighted by molar-refractivity contribution is 6.11. The molecule has 0 aliphatic carbocycles. The quantitative estimate of drug-likeness (QED) is 0.848. The first-order valence-corrected chi connectivity index (χ1v) is 8.65. The molecule has 0 radical (unpaired) electrons. The van der Waals surface area contributed by atoms with Crippen molar-refractivity contribution in [2.24, 2.45) is 4.99 Å². The molecule has 0 aromatic heterocycles. The minimum absolute atomic E-state index is 0.0677. The molecule has 1 spiro atoms. The van der Waals surface area contributed by atoms with Gasteiger partial charge in [0.15, 0.2) is 5.60 Å². The smallest absolute Gasteiger partial charge is 0.271 e. The number of hydrogen-bond acceptors (Lipinski definition) is 3. The SMILES string of the molecule is O=C1N(c2ccc(C3=CCN=C3)cc2)CCC12Cc1ccccc1O2. The number of anilines is 1. The first-order valence-electron chi connectivity index (χ1n) is 8.65. The van der Waals surface area contributed by atoms with Gasteiger partial charge in [-0.2, -0.15) is 0 Å². The number of para-hydroxylation sites is 1. The van der Waals surface area contributed by atoms with Crippen molar-refractivity contribution in [3.63, 3.8) is 0 Å². The van der Waals surface area contributed by atoms with Gasteiger partial charge < -0.3 is 9.64 Å². The Bertz CT molecular complexity index is 887. The second-order valence-electron chi connectivity index (χ2n) is 6.79. The lowest BCUT2D eigenvalue weighted by atomic mass is 9.95. The molecule has 1 saturated heterocycles. The first kappa shape index (κ1) is 14.5. The first-order chi connectivity index (χ1) is 12.3. The average molecular weight is 330 g/mol. The second kappa shape index (κ2) is 5.31. The molecule has 4 nitrogen and oxygen atoms in total. The van der Waals surface area contributed by atoms with Crippen LogP contribution in [-0.4, -0.2) is 30.8 Å². The van der Waals surface area contributed by atoms with Crippen LogP contribution in [0.15, 0.2) is 59.6 Å². The van der Waals surface area contributed by atoms with E-state index in [1.54, 1.807) is 0 Å². The van der Waals surface area contributed by atoms with Gasteiger partial charge in [-0.3, -0.25) is 9.79 Å². The minimum atomic E-state index is -0.719. The van der Waals surface area contributed by atoms with Crippen LogP contribution in [0.1, 0.15) is 17.5 Å². The lowest BCUT2D eigenvalue weighted by molar-refractivity contribution is -0.129. The average Bonchev–Trinajstić information content (AvgIpc) is 3.36. The van der Waals surface area contributed by atoms with E-state index in [0.29, 0.717) is 13.0 Å². The standard InChI is InChI=1S/C21H18N2O2/c24-20-21(13-16-3-1-2-4-19(16)25-21)10-12-23(20)18-7-5-15(6-8-18)17-9-11-22-14-17/h1-9,14H,10-13H2. The molecule has 0 bridgehead atoms. The molecule has 3 aliphatic heterocycles. The van der Waals surface area contributed by atoms with Gasteiger partial charge in [0.1, 0.15) is 5.75 Å². The fourth-order valence-corrected chi connectivity index (χ4v) is 3.94. The van der Waals surface area contributed by atoms with Gasteiger partial charge in [0.2, 0.25) is 0 Å². The van der Waals surface area contributed by atoms with E-state index in [1.807, 2.05) is 47.5 Å². The van der Waals surface area contributed by atoms with Crippen LogP contribution in [0.5, 0.6) is 5.75 Å². The number of nitrogens with zero attached hydrogens (tertiary/aromatic N) is 2. The van der Waals surface area contributed by atoms with Crippen LogP contribution in [0, 0.1) is 0 Å². The fourth-order valence-electron chi connectivity index (χ4n) is 3.94. The number of fused-ring (bicyclic) bond motifs is 1. The predicted molar refractivity (Wildman–Crippen MR) is 98.3 cm³/mol. The highest BCUT2D eigenvalue weighted by atomic mass is 16.5. The zero-order valence-corrected chi connectivity index (χ0v) is 13.8. The molecule has 2 aromatic carbocycles. The van der Waals surface area contributed by atoms with Crippen LogP contribution < -0.4 is 9.64 Å². The van der Waals surface area contributed by atoms with Gasteiger partial charge in [-0.1, -0.05) is 36.4 Å². The summed E-state index contributed by atoms with van der Waals surface area (Å²) < 4.78 is 6.11. The number of carbonyl (C=O) groups is 1. The maximum atomic E-state index is 13.1. The number of amides is 1. The minimum Gasteiger partial charge on any atom is -0.477 e. The highest BCUT2D eigenvalue weighted by Gasteiger charge is 2.52. The van der Waals surface area contributed by atoms with Gasteiger partial charge in [-0.25, -0.2) is 0 Å². The molecule has 1 unspecified atom stereocenters. The highest BCUT2D eigenvalue weighted by Crippen LogP contribution is 2.42. The molecule has 3 heterocycles. The van der Waals surface area contributed by atoms with Crippen LogP contribution in [0.25, 0.3) is 5.57 Å². The Morgan fingerprint density at radius 3 is 2.68 bits per heavy atom. The largest absolute Gasteiger partial charge is 0.477 e. The van der Waals surface area contributed by atoms with E-state index >= 15 is 0 Å². The van der Waals surface area contributed by atoms with Crippen LogP contribution >= 0.6 is 0 Å². The molecule has 0 saturated carbocycles. The number of ether oxygens (including phenoxy) is 1. The molecule has 5 rings (SSSR count). The van der Waals surface area contributed by atoms with Gasteiger partial charge in [0.25, 0.3) is 5.91 Å². The summed E-state index contributed by atoms with van der Waals surface area (Å²) in [6.07, 6.45) is 5.39. The van der Waals surface area contributed by atoms with E-state index in [1.165, 1.54) is 0 Å². The molecular weight excluding hydrogens is 312 g/mol. The molecule has 3 aliphatic rings. The molecule has 2 aromatic rings. The molecule has 124 valence electrons. The molecule has 1 fully saturated rings. The summed E-state index contributed by atoms with van der Waals surface area (Å²) in [5.74, 6) is 0.915. The summed E-state index contributed by atoms with van der Waals surface area (Å²) in [5, 5.41) is 0. The Hall–Kier alpha value is -2.88. The van der Waals surface area contributed by atoms with Gasteiger partial charge in [0.05, 0.1) is 6.54 Å². The third-order valence-electron chi connectivity index (χ3n) is 5.29. The zero-order chi connectivity index (χ0) is 16.9. The Labute approximate surface area is 146 Å². The number of allylic oxidation sites excluding steroid dienone is 1. The second-order valence-corrected chi connectivity index (χ2v) is 6.79. The van der Waals surface area contributed by atoms with Crippen molar-refractivity contribution >= 4 is 23.4 Å². The lowest BCUT2D eigenvalue weighted by Gasteiger charge is -2.23. The van der Waals surface area contributed by atoms with E-state index in [-0.39, 0.29) is 5.91 Å². The zero-order valence-electron chi connectivity index (χ0n) is 13.8. The van der Waals surface area contributed by atoms with Crippen molar-refractivity contribution in [1.82, 2.24) is 0 Å². The number of aliphatic imine (C=N–C) groups is 1. The van der Waals surface area contributed by atoms with Gasteiger partial charge in [-0.15, -0.1) is 0 Å². The van der Waals surface area contributed by atoms with Gasteiger partial charge in [0, 0.05) is 31.3 Å². The van der Waals surface area contributed by atoms with Crippen LogP contribution in [0.2, 0.25) is 0 Å². The van der Waals surface area contributed by atoms with Crippen LogP contribution in [0.3, 0.4) is 0 Å². The monoisotopic (exact) mass is 330 g/mol. The molecular formula is C21H18N2O2. The molecule has 0 N–H and O–H groups in total. The van der Waals surface area contributed by atoms with E-state index in [4.69, 9.17) is 4.74 Å². The normalized spacial score (nSPS) is 23.9. The van der Waals surface area contributed by atoms with Gasteiger partial charge >= 0.3 is 0 Å². The van der Waals surface area contributed by atoms with Crippen molar-refractivity contribution in [2.75, 3.05) is 18.0 Å². The lowest BCUT2D eigenvalue weighted by Crippen LogP contribution is -2.44. The number of benzene rings is 2. The number of hydrogen-bond donors (Lipinski definition) is 0. The van der Waals surface area contributed by atoms with E-state index in [9.17, 15) is 4.79 Å². The predicted octanol–water partition coefficient (Wildman–Crippen LogP) is 3.27. The third-order valence-corrected chi connectivity index (χ3v) is 5.29. The van der Waals surface area contributed by atoms with Crippen LogP contribution in [0.4, 0.5) is 5.69 Å². The van der Waals surface area contributed by atoms with Gasteiger partial charge in [-0.05, 0) is 34.9 Å². The summed E-state index contributed by atoms with van der Waals surface area (Å²) in [5.41, 5.74) is 3.62. The molecule has 25 heavy (non-hydrogen) atoms. The van der Waals surface area contributed by atoms with E-state index < -0.39 is 5.60 Å². The van der Waals surface area contributed by atoms with Crippen molar-refractivity contribution < 1.29 is 9.53 Å². The van der Waals surface area contributed by atoms with Crippen molar-refractivity contribution in [3.05, 3.63) is 65.7 Å². The maximum Gasteiger partial charge on any atom is 0.271 e. The summed E-state index contributed by atoms with van der Waals surface area (Å²) in [6.45, 7) is 1.44. The van der Waals surface area contributed by atoms with E-state index in [2.05, 4.69) is 23.2 Å². The number of rotatable bonds is 2. The summed E-state index contributed by atoms with van der Waals surface area (Å²) in [6, 6.07) is 16.1. The fraction of sp³-hybridized carbons (Fsp3) is 0.238. The van der Waals surface area contributed by atoms with Crippen molar-refractivity contribution in [3.8, 4) is 5.75 Å². The Balaban J connectivity index is 1.40. The number of carbonyl (C=O) groups excluding carboxylic acids is 1. The summed E-state index contributed by atoms with van der Waals surface area (Å²) in [7, 11) is 0. The molecule has 1 atom stereocenters.